The number of benzene rings is 1. The standard InChI is InChI=1S/C15H22N2O2/c1-12(18)16-8-6-15(19)11-17-9-7-13-4-2-3-5-14(13)10-17/h2-5,15,19H,6-11H2,1H3,(H,16,18)/t15-/m1/s1. The first kappa shape index (κ1) is 14.0. The molecule has 4 nitrogen and oxygen atoms in total. The molecule has 1 aromatic carbocycles. The lowest BCUT2D eigenvalue weighted by molar-refractivity contribution is -0.119. The molecule has 1 aliphatic heterocycles. The van der Waals surface area contributed by atoms with Gasteiger partial charge in [0.15, 0.2) is 0 Å². The van der Waals surface area contributed by atoms with Crippen molar-refractivity contribution in [1.29, 1.82) is 0 Å². The van der Waals surface area contributed by atoms with Crippen LogP contribution in [0.3, 0.4) is 0 Å². The van der Waals surface area contributed by atoms with Crippen molar-refractivity contribution in [3.05, 3.63) is 35.4 Å². The molecule has 2 N–H and O–H groups in total. The number of aliphatic hydroxyl groups excluding tert-OH is 1. The van der Waals surface area contributed by atoms with E-state index in [4.69, 9.17) is 0 Å². The molecule has 0 unspecified atom stereocenters. The number of rotatable bonds is 5. The van der Waals surface area contributed by atoms with Gasteiger partial charge >= 0.3 is 0 Å². The van der Waals surface area contributed by atoms with E-state index in [0.29, 0.717) is 19.5 Å². The molecule has 0 aliphatic carbocycles. The van der Waals surface area contributed by atoms with E-state index in [1.54, 1.807) is 0 Å². The van der Waals surface area contributed by atoms with Gasteiger partial charge in [-0.3, -0.25) is 9.69 Å². The monoisotopic (exact) mass is 262 g/mol. The van der Waals surface area contributed by atoms with Crippen LogP contribution in [0.2, 0.25) is 0 Å². The number of carbonyl (C=O) groups excluding carboxylic acids is 1. The van der Waals surface area contributed by atoms with Crippen molar-refractivity contribution in [3.8, 4) is 0 Å². The fourth-order valence-electron chi connectivity index (χ4n) is 2.51. The van der Waals surface area contributed by atoms with Crippen molar-refractivity contribution in [2.75, 3.05) is 19.6 Å². The number of hydrogen-bond donors (Lipinski definition) is 2. The Morgan fingerprint density at radius 1 is 1.42 bits per heavy atom. The van der Waals surface area contributed by atoms with Crippen LogP contribution in [-0.4, -0.2) is 41.7 Å². The van der Waals surface area contributed by atoms with Gasteiger partial charge in [-0.15, -0.1) is 0 Å². The molecule has 0 fully saturated rings. The molecule has 0 aromatic heterocycles. The summed E-state index contributed by atoms with van der Waals surface area (Å²) in [5, 5.41) is 12.7. The molecule has 0 radical (unpaired) electrons. The Bertz CT molecular complexity index is 434. The summed E-state index contributed by atoms with van der Waals surface area (Å²) in [6.45, 7) is 4.62. The summed E-state index contributed by atoms with van der Waals surface area (Å²) in [5.74, 6) is -0.0425. The number of carbonyl (C=O) groups is 1. The molecule has 1 amide bonds. The maximum absolute atomic E-state index is 10.7. The molecule has 0 saturated carbocycles. The molecule has 4 heteroatoms. The predicted octanol–water partition coefficient (Wildman–Crippen LogP) is 0.932. The molecule has 2 rings (SSSR count). The van der Waals surface area contributed by atoms with Gasteiger partial charge in [0.2, 0.25) is 5.91 Å². The third-order valence-electron chi connectivity index (χ3n) is 3.53. The van der Waals surface area contributed by atoms with Crippen LogP contribution in [-0.2, 0) is 17.8 Å². The summed E-state index contributed by atoms with van der Waals surface area (Å²) in [5.41, 5.74) is 2.79. The molecule has 104 valence electrons. The predicted molar refractivity (Wildman–Crippen MR) is 74.7 cm³/mol. The Balaban J connectivity index is 1.77. The van der Waals surface area contributed by atoms with E-state index < -0.39 is 0 Å². The highest BCUT2D eigenvalue weighted by Crippen LogP contribution is 2.18. The van der Waals surface area contributed by atoms with Crippen LogP contribution in [0.25, 0.3) is 0 Å². The molecule has 1 heterocycles. The second-order valence-electron chi connectivity index (χ2n) is 5.18. The third-order valence-corrected chi connectivity index (χ3v) is 3.53. The van der Waals surface area contributed by atoms with Crippen molar-refractivity contribution in [2.45, 2.75) is 32.4 Å². The SMILES string of the molecule is CC(=O)NCC[C@@H](O)CN1CCc2ccccc2C1. The van der Waals surface area contributed by atoms with Gasteiger partial charge in [0.25, 0.3) is 0 Å². The Morgan fingerprint density at radius 2 is 2.16 bits per heavy atom. The van der Waals surface area contributed by atoms with E-state index in [1.165, 1.54) is 18.1 Å². The lowest BCUT2D eigenvalue weighted by Gasteiger charge is -2.30. The van der Waals surface area contributed by atoms with E-state index in [2.05, 4.69) is 34.5 Å². The van der Waals surface area contributed by atoms with Gasteiger partial charge in [0, 0.05) is 33.1 Å². The number of nitrogens with zero attached hydrogens (tertiary/aromatic N) is 1. The average molecular weight is 262 g/mol. The number of nitrogens with one attached hydrogen (secondary N) is 1. The lowest BCUT2D eigenvalue weighted by atomic mass is 9.99. The first-order valence-corrected chi connectivity index (χ1v) is 6.87. The van der Waals surface area contributed by atoms with E-state index in [0.717, 1.165) is 19.5 Å². The zero-order chi connectivity index (χ0) is 13.7. The Hall–Kier alpha value is -1.39. The number of aliphatic hydroxyl groups is 1. The minimum Gasteiger partial charge on any atom is -0.392 e. The highest BCUT2D eigenvalue weighted by molar-refractivity contribution is 5.72. The molecule has 1 atom stereocenters. The second-order valence-corrected chi connectivity index (χ2v) is 5.18. The highest BCUT2D eigenvalue weighted by atomic mass is 16.3. The topological polar surface area (TPSA) is 52.6 Å². The Kier molecular flexibility index (Phi) is 4.93. The molecule has 1 aromatic rings. The number of amides is 1. The van der Waals surface area contributed by atoms with Gasteiger partial charge in [-0.2, -0.15) is 0 Å². The summed E-state index contributed by atoms with van der Waals surface area (Å²) in [6, 6.07) is 8.48. The van der Waals surface area contributed by atoms with Gasteiger partial charge in [-0.25, -0.2) is 0 Å². The highest BCUT2D eigenvalue weighted by Gasteiger charge is 2.18. The summed E-state index contributed by atoms with van der Waals surface area (Å²) >= 11 is 0. The first-order chi connectivity index (χ1) is 9.15. The van der Waals surface area contributed by atoms with Crippen molar-refractivity contribution >= 4 is 5.91 Å². The van der Waals surface area contributed by atoms with Gasteiger partial charge in [-0.05, 0) is 24.0 Å². The van der Waals surface area contributed by atoms with Crippen LogP contribution in [0, 0.1) is 0 Å². The van der Waals surface area contributed by atoms with Crippen LogP contribution < -0.4 is 5.32 Å². The number of hydrogen-bond acceptors (Lipinski definition) is 3. The zero-order valence-electron chi connectivity index (χ0n) is 11.4. The van der Waals surface area contributed by atoms with Crippen molar-refractivity contribution < 1.29 is 9.90 Å². The molecule has 0 spiro atoms. The zero-order valence-corrected chi connectivity index (χ0v) is 11.4. The Morgan fingerprint density at radius 3 is 2.89 bits per heavy atom. The summed E-state index contributed by atoms with van der Waals surface area (Å²) in [6.07, 6.45) is 1.28. The lowest BCUT2D eigenvalue weighted by Crippen LogP contribution is -2.38. The molecular weight excluding hydrogens is 240 g/mol. The minimum atomic E-state index is -0.378. The van der Waals surface area contributed by atoms with Crippen LogP contribution in [0.4, 0.5) is 0 Å². The molecule has 0 saturated heterocycles. The van der Waals surface area contributed by atoms with Gasteiger partial charge < -0.3 is 10.4 Å². The van der Waals surface area contributed by atoms with E-state index in [1.807, 2.05) is 0 Å². The quantitative estimate of drug-likeness (QED) is 0.830. The van der Waals surface area contributed by atoms with Crippen molar-refractivity contribution in [2.24, 2.45) is 0 Å². The average Bonchev–Trinajstić information content (AvgIpc) is 2.38. The van der Waals surface area contributed by atoms with Crippen molar-refractivity contribution in [3.63, 3.8) is 0 Å². The van der Waals surface area contributed by atoms with E-state index in [9.17, 15) is 9.90 Å². The normalized spacial score (nSPS) is 16.7. The first-order valence-electron chi connectivity index (χ1n) is 6.87. The minimum absolute atomic E-state index is 0.0425. The molecule has 0 bridgehead atoms. The third kappa shape index (κ3) is 4.33. The Labute approximate surface area is 114 Å². The maximum atomic E-state index is 10.7. The number of β-amino-alcohol motifs (C(OH)–C–C–N with tert-alkyl or cyclic N) is 1. The fourth-order valence-corrected chi connectivity index (χ4v) is 2.51. The maximum Gasteiger partial charge on any atom is 0.216 e. The molecule has 1 aliphatic rings. The van der Waals surface area contributed by atoms with Crippen molar-refractivity contribution in [1.82, 2.24) is 10.2 Å². The summed E-state index contributed by atoms with van der Waals surface area (Å²) < 4.78 is 0. The van der Waals surface area contributed by atoms with Crippen LogP contribution in [0.15, 0.2) is 24.3 Å². The van der Waals surface area contributed by atoms with Crippen LogP contribution in [0.1, 0.15) is 24.5 Å². The second kappa shape index (κ2) is 6.68. The van der Waals surface area contributed by atoms with Gasteiger partial charge in [-0.1, -0.05) is 24.3 Å². The van der Waals surface area contributed by atoms with E-state index in [-0.39, 0.29) is 12.0 Å². The summed E-state index contributed by atoms with van der Waals surface area (Å²) in [4.78, 5) is 13.0. The van der Waals surface area contributed by atoms with Crippen LogP contribution >= 0.6 is 0 Å². The number of fused-ring (bicyclic) bond motifs is 1. The van der Waals surface area contributed by atoms with Gasteiger partial charge in [0.1, 0.15) is 0 Å². The molecular formula is C15H22N2O2. The largest absolute Gasteiger partial charge is 0.392 e. The molecule has 19 heavy (non-hydrogen) atoms. The van der Waals surface area contributed by atoms with Gasteiger partial charge in [0.05, 0.1) is 6.10 Å². The summed E-state index contributed by atoms with van der Waals surface area (Å²) in [7, 11) is 0. The van der Waals surface area contributed by atoms with E-state index >= 15 is 0 Å². The fraction of sp³-hybridized carbons (Fsp3) is 0.533. The van der Waals surface area contributed by atoms with Crippen LogP contribution in [0.5, 0.6) is 0 Å². The smallest absolute Gasteiger partial charge is 0.216 e.